The van der Waals surface area contributed by atoms with Gasteiger partial charge < -0.3 is 9.88 Å². The second kappa shape index (κ2) is 10.3. The minimum Gasteiger partial charge on any atom is -0.353 e. The molecular formula is C23H25BrN4OS. The second-order valence-electron chi connectivity index (χ2n) is 7.54. The van der Waals surface area contributed by atoms with Crippen molar-refractivity contribution < 1.29 is 4.79 Å². The number of rotatable bonds is 8. The van der Waals surface area contributed by atoms with Crippen molar-refractivity contribution in [3.05, 3.63) is 64.6 Å². The molecule has 0 radical (unpaired) electrons. The van der Waals surface area contributed by atoms with E-state index in [1.54, 1.807) is 0 Å². The van der Waals surface area contributed by atoms with Gasteiger partial charge in [0.2, 0.25) is 5.91 Å². The molecule has 1 aliphatic carbocycles. The highest BCUT2D eigenvalue weighted by molar-refractivity contribution is 9.10. The van der Waals surface area contributed by atoms with Gasteiger partial charge in [-0.15, -0.1) is 10.2 Å². The molecule has 1 heterocycles. The molecule has 1 N–H and O–H groups in total. The van der Waals surface area contributed by atoms with Crippen LogP contribution in [0.5, 0.6) is 0 Å². The van der Waals surface area contributed by atoms with Gasteiger partial charge in [0.1, 0.15) is 0 Å². The summed E-state index contributed by atoms with van der Waals surface area (Å²) in [6.45, 7) is 0.759. The molecule has 0 saturated heterocycles. The molecule has 30 heavy (non-hydrogen) atoms. The Labute approximate surface area is 189 Å². The van der Waals surface area contributed by atoms with Crippen LogP contribution in [-0.4, -0.2) is 32.5 Å². The smallest absolute Gasteiger partial charge is 0.230 e. The zero-order valence-electron chi connectivity index (χ0n) is 16.8. The Hall–Kier alpha value is -2.12. The van der Waals surface area contributed by atoms with Crippen molar-refractivity contribution in [2.24, 2.45) is 0 Å². The maximum atomic E-state index is 12.4. The van der Waals surface area contributed by atoms with Crippen LogP contribution in [0.2, 0.25) is 0 Å². The number of hydrogen-bond donors (Lipinski definition) is 1. The van der Waals surface area contributed by atoms with E-state index in [1.165, 1.54) is 30.2 Å². The largest absolute Gasteiger partial charge is 0.353 e. The molecule has 0 spiro atoms. The quantitative estimate of drug-likeness (QED) is 0.451. The fraction of sp³-hybridized carbons (Fsp3) is 0.348. The Kier molecular flexibility index (Phi) is 7.23. The molecule has 1 amide bonds. The molecule has 1 saturated carbocycles. The van der Waals surface area contributed by atoms with Crippen LogP contribution in [0.1, 0.15) is 31.2 Å². The van der Waals surface area contributed by atoms with Gasteiger partial charge in [-0.05, 0) is 37.0 Å². The lowest BCUT2D eigenvalue weighted by Crippen LogP contribution is -2.33. The lowest BCUT2D eigenvalue weighted by atomic mass is 10.1. The molecule has 7 heteroatoms. The van der Waals surface area contributed by atoms with Crippen molar-refractivity contribution >= 4 is 33.6 Å². The number of aromatic nitrogens is 3. The number of hydrogen-bond acceptors (Lipinski definition) is 4. The normalized spacial score (nSPS) is 14.2. The van der Waals surface area contributed by atoms with Crippen LogP contribution in [-0.2, 0) is 17.8 Å². The summed E-state index contributed by atoms with van der Waals surface area (Å²) in [5, 5.41) is 12.8. The molecule has 0 bridgehead atoms. The summed E-state index contributed by atoms with van der Waals surface area (Å²) in [5.41, 5.74) is 2.28. The van der Waals surface area contributed by atoms with Crippen LogP contribution in [0.15, 0.2) is 64.2 Å². The number of aryl methyl sites for hydroxylation is 1. The molecule has 0 atom stereocenters. The van der Waals surface area contributed by atoms with E-state index < -0.39 is 0 Å². The number of thioether (sulfide) groups is 1. The summed E-state index contributed by atoms with van der Waals surface area (Å²) < 4.78 is 3.16. The number of halogens is 1. The van der Waals surface area contributed by atoms with E-state index in [4.69, 9.17) is 0 Å². The molecule has 5 nitrogen and oxygen atoms in total. The van der Waals surface area contributed by atoms with Crippen LogP contribution < -0.4 is 5.32 Å². The first-order valence-electron chi connectivity index (χ1n) is 10.3. The van der Waals surface area contributed by atoms with Gasteiger partial charge >= 0.3 is 0 Å². The molecule has 4 rings (SSSR count). The number of benzene rings is 2. The molecule has 1 fully saturated rings. The minimum absolute atomic E-state index is 0.0784. The molecule has 0 aliphatic heterocycles. The minimum atomic E-state index is 0.0784. The maximum absolute atomic E-state index is 12.4. The highest BCUT2D eigenvalue weighted by Gasteiger charge is 2.19. The lowest BCUT2D eigenvalue weighted by molar-refractivity contribution is -0.119. The Morgan fingerprint density at radius 1 is 1.07 bits per heavy atom. The standard InChI is InChI=1S/C23H25BrN4OS/c24-19-12-10-18(11-13-19)22-26-27-23(28(22)15-14-17-6-2-1-3-7-17)30-16-21(29)25-20-8-4-5-9-20/h1-3,6-7,10-13,20H,4-5,8-9,14-16H2,(H,25,29). The van der Waals surface area contributed by atoms with E-state index >= 15 is 0 Å². The molecule has 2 aromatic carbocycles. The highest BCUT2D eigenvalue weighted by atomic mass is 79.9. The van der Waals surface area contributed by atoms with Crippen LogP contribution in [0.4, 0.5) is 0 Å². The maximum Gasteiger partial charge on any atom is 0.230 e. The summed E-state index contributed by atoms with van der Waals surface area (Å²) in [7, 11) is 0. The molecule has 3 aromatic rings. The average molecular weight is 485 g/mol. The summed E-state index contributed by atoms with van der Waals surface area (Å²) in [5.74, 6) is 1.27. The van der Waals surface area contributed by atoms with Crippen LogP contribution >= 0.6 is 27.7 Å². The topological polar surface area (TPSA) is 59.8 Å². The Morgan fingerprint density at radius 3 is 2.53 bits per heavy atom. The first-order valence-corrected chi connectivity index (χ1v) is 12.1. The molecule has 1 aromatic heterocycles. The van der Waals surface area contributed by atoms with Gasteiger partial charge in [0.05, 0.1) is 5.75 Å². The number of carbonyl (C=O) groups excluding carboxylic acids is 1. The third kappa shape index (κ3) is 5.52. The summed E-state index contributed by atoms with van der Waals surface area (Å²) in [4.78, 5) is 12.4. The third-order valence-corrected chi connectivity index (χ3v) is 6.83. The van der Waals surface area contributed by atoms with Crippen molar-refractivity contribution in [2.45, 2.75) is 49.8 Å². The number of nitrogens with one attached hydrogen (secondary N) is 1. The fourth-order valence-electron chi connectivity index (χ4n) is 3.76. The van der Waals surface area contributed by atoms with Crippen molar-refractivity contribution in [3.63, 3.8) is 0 Å². The SMILES string of the molecule is O=C(CSc1nnc(-c2ccc(Br)cc2)n1CCc1ccccc1)NC1CCCC1. The van der Waals surface area contributed by atoms with Crippen molar-refractivity contribution in [2.75, 3.05) is 5.75 Å². The van der Waals surface area contributed by atoms with Gasteiger partial charge in [-0.1, -0.05) is 83.0 Å². The van der Waals surface area contributed by atoms with E-state index in [1.807, 2.05) is 30.3 Å². The predicted octanol–water partition coefficient (Wildman–Crippen LogP) is 5.10. The first kappa shape index (κ1) is 21.1. The predicted molar refractivity (Wildman–Crippen MR) is 124 cm³/mol. The van der Waals surface area contributed by atoms with Crippen LogP contribution in [0.25, 0.3) is 11.4 Å². The van der Waals surface area contributed by atoms with E-state index in [0.717, 1.165) is 46.8 Å². The van der Waals surface area contributed by atoms with Gasteiger partial charge in [-0.3, -0.25) is 4.79 Å². The van der Waals surface area contributed by atoms with Crippen LogP contribution in [0, 0.1) is 0 Å². The van der Waals surface area contributed by atoms with E-state index in [2.05, 4.69) is 60.3 Å². The lowest BCUT2D eigenvalue weighted by Gasteiger charge is -2.13. The molecule has 156 valence electrons. The molecule has 0 unspecified atom stereocenters. The van der Waals surface area contributed by atoms with Gasteiger partial charge in [-0.2, -0.15) is 0 Å². The van der Waals surface area contributed by atoms with Gasteiger partial charge in [0.25, 0.3) is 0 Å². The second-order valence-corrected chi connectivity index (χ2v) is 9.40. The average Bonchev–Trinajstić information content (AvgIpc) is 3.42. The highest BCUT2D eigenvalue weighted by Crippen LogP contribution is 2.26. The third-order valence-electron chi connectivity index (χ3n) is 5.34. The number of amides is 1. The van der Waals surface area contributed by atoms with Crippen molar-refractivity contribution in [3.8, 4) is 11.4 Å². The Balaban J connectivity index is 1.49. The summed E-state index contributed by atoms with van der Waals surface area (Å²) >= 11 is 4.95. The van der Waals surface area contributed by atoms with E-state index in [0.29, 0.717) is 11.8 Å². The number of nitrogens with zero attached hydrogens (tertiary/aromatic N) is 3. The summed E-state index contributed by atoms with van der Waals surface area (Å²) in [6.07, 6.45) is 5.49. The van der Waals surface area contributed by atoms with Gasteiger partial charge in [0, 0.05) is 22.6 Å². The zero-order valence-corrected chi connectivity index (χ0v) is 19.2. The van der Waals surface area contributed by atoms with Crippen LogP contribution in [0.3, 0.4) is 0 Å². The van der Waals surface area contributed by atoms with Gasteiger partial charge in [-0.25, -0.2) is 0 Å². The molecule has 1 aliphatic rings. The monoisotopic (exact) mass is 484 g/mol. The first-order chi connectivity index (χ1) is 14.7. The van der Waals surface area contributed by atoms with E-state index in [-0.39, 0.29) is 5.91 Å². The molecular weight excluding hydrogens is 460 g/mol. The Morgan fingerprint density at radius 2 is 1.80 bits per heavy atom. The van der Waals surface area contributed by atoms with Gasteiger partial charge in [0.15, 0.2) is 11.0 Å². The summed E-state index contributed by atoms with van der Waals surface area (Å²) in [6, 6.07) is 18.8. The zero-order chi connectivity index (χ0) is 20.8. The van der Waals surface area contributed by atoms with E-state index in [9.17, 15) is 4.79 Å². The Bertz CT molecular complexity index is 969. The number of carbonyl (C=O) groups is 1. The van der Waals surface area contributed by atoms with Crippen molar-refractivity contribution in [1.82, 2.24) is 20.1 Å². The fourth-order valence-corrected chi connectivity index (χ4v) is 4.80. The van der Waals surface area contributed by atoms with Crippen molar-refractivity contribution in [1.29, 1.82) is 0 Å².